The largest absolute Gasteiger partial charge is 0.365 e. The molecule has 0 aromatic carbocycles. The lowest BCUT2D eigenvalue weighted by Crippen LogP contribution is -2.23. The van der Waals surface area contributed by atoms with Gasteiger partial charge in [0.1, 0.15) is 5.82 Å². The third-order valence-electron chi connectivity index (χ3n) is 2.71. The van der Waals surface area contributed by atoms with Crippen LogP contribution in [0, 0.1) is 0 Å². The van der Waals surface area contributed by atoms with E-state index in [0.29, 0.717) is 12.2 Å². The van der Waals surface area contributed by atoms with Crippen LogP contribution in [-0.2, 0) is 9.84 Å². The molecule has 98 valence electrons. The minimum absolute atomic E-state index is 0.117. The van der Waals surface area contributed by atoms with Gasteiger partial charge in [0.05, 0.1) is 11.5 Å². The molecule has 0 aliphatic carbocycles. The van der Waals surface area contributed by atoms with Crippen LogP contribution in [0.3, 0.4) is 0 Å². The Kier molecular flexibility index (Phi) is 3.46. The zero-order chi connectivity index (χ0) is 13.2. The second-order valence-electron chi connectivity index (χ2n) is 4.13. The maximum absolute atomic E-state index is 11.3. The number of hydrogen-bond acceptors (Lipinski definition) is 6. The SMILES string of the molecule is CNC(=O)c1ccc(NC2CCS(=O)(=O)C2)nn1. The predicted molar refractivity (Wildman–Crippen MR) is 66.1 cm³/mol. The van der Waals surface area contributed by atoms with Crippen molar-refractivity contribution in [1.82, 2.24) is 15.5 Å². The minimum atomic E-state index is -2.92. The standard InChI is InChI=1S/C10H14N4O3S/c1-11-10(15)8-2-3-9(14-13-8)12-7-4-5-18(16,17)6-7/h2-3,7H,4-6H2,1H3,(H,11,15)(H,12,14). The summed E-state index contributed by atoms with van der Waals surface area (Å²) in [4.78, 5) is 11.2. The van der Waals surface area contributed by atoms with Crippen LogP contribution in [0.1, 0.15) is 16.9 Å². The van der Waals surface area contributed by atoms with Crippen molar-refractivity contribution in [3.63, 3.8) is 0 Å². The van der Waals surface area contributed by atoms with Gasteiger partial charge in [-0.05, 0) is 18.6 Å². The topological polar surface area (TPSA) is 101 Å². The summed E-state index contributed by atoms with van der Waals surface area (Å²) in [7, 11) is -1.40. The number of nitrogens with zero attached hydrogens (tertiary/aromatic N) is 2. The molecule has 0 spiro atoms. The van der Waals surface area contributed by atoms with E-state index in [1.165, 1.54) is 13.1 Å². The maximum atomic E-state index is 11.3. The van der Waals surface area contributed by atoms with Crippen molar-refractivity contribution in [2.24, 2.45) is 0 Å². The van der Waals surface area contributed by atoms with E-state index in [9.17, 15) is 13.2 Å². The van der Waals surface area contributed by atoms with Gasteiger partial charge in [0.15, 0.2) is 15.5 Å². The summed E-state index contributed by atoms with van der Waals surface area (Å²) in [6.07, 6.45) is 0.571. The summed E-state index contributed by atoms with van der Waals surface area (Å²) in [5.41, 5.74) is 0.224. The van der Waals surface area contributed by atoms with Gasteiger partial charge in [-0.15, -0.1) is 10.2 Å². The molecule has 1 aromatic heterocycles. The van der Waals surface area contributed by atoms with Crippen molar-refractivity contribution in [1.29, 1.82) is 0 Å². The smallest absolute Gasteiger partial charge is 0.271 e. The van der Waals surface area contributed by atoms with E-state index < -0.39 is 9.84 Å². The first-order valence-electron chi connectivity index (χ1n) is 5.53. The summed E-state index contributed by atoms with van der Waals surface area (Å²) in [6.45, 7) is 0. The molecule has 0 radical (unpaired) electrons. The fraction of sp³-hybridized carbons (Fsp3) is 0.500. The van der Waals surface area contributed by atoms with Gasteiger partial charge in [-0.3, -0.25) is 4.79 Å². The highest BCUT2D eigenvalue weighted by Gasteiger charge is 2.27. The van der Waals surface area contributed by atoms with Crippen molar-refractivity contribution >= 4 is 21.6 Å². The molecule has 1 unspecified atom stereocenters. The highest BCUT2D eigenvalue weighted by atomic mass is 32.2. The summed E-state index contributed by atoms with van der Waals surface area (Å²) in [6, 6.07) is 3.02. The fourth-order valence-corrected chi connectivity index (χ4v) is 3.45. The highest BCUT2D eigenvalue weighted by Crippen LogP contribution is 2.15. The predicted octanol–water partition coefficient (Wildman–Crippen LogP) is -0.565. The van der Waals surface area contributed by atoms with Crippen LogP contribution in [0.2, 0.25) is 0 Å². The van der Waals surface area contributed by atoms with Crippen LogP contribution < -0.4 is 10.6 Å². The molecule has 0 saturated carbocycles. The third kappa shape index (κ3) is 2.95. The number of carbonyl (C=O) groups is 1. The van der Waals surface area contributed by atoms with Crippen LogP contribution in [0.15, 0.2) is 12.1 Å². The third-order valence-corrected chi connectivity index (χ3v) is 4.48. The minimum Gasteiger partial charge on any atom is -0.365 e. The van der Waals surface area contributed by atoms with Gasteiger partial charge in [0.2, 0.25) is 0 Å². The number of carbonyl (C=O) groups excluding carboxylic acids is 1. The maximum Gasteiger partial charge on any atom is 0.271 e. The Hall–Kier alpha value is -1.70. The number of nitrogens with one attached hydrogen (secondary N) is 2. The van der Waals surface area contributed by atoms with E-state index in [2.05, 4.69) is 20.8 Å². The molecule has 8 heteroatoms. The number of hydrogen-bond donors (Lipinski definition) is 2. The lowest BCUT2D eigenvalue weighted by molar-refractivity contribution is 0.0957. The first-order valence-corrected chi connectivity index (χ1v) is 7.35. The summed E-state index contributed by atoms with van der Waals surface area (Å²) in [5.74, 6) is 0.488. The average Bonchev–Trinajstić information content (AvgIpc) is 2.68. The van der Waals surface area contributed by atoms with E-state index in [1.54, 1.807) is 6.07 Å². The van der Waals surface area contributed by atoms with Gasteiger partial charge in [-0.1, -0.05) is 0 Å². The quantitative estimate of drug-likeness (QED) is 0.763. The number of rotatable bonds is 3. The van der Waals surface area contributed by atoms with Crippen molar-refractivity contribution in [3.8, 4) is 0 Å². The molecule has 1 saturated heterocycles. The second-order valence-corrected chi connectivity index (χ2v) is 6.36. The van der Waals surface area contributed by atoms with Crippen molar-refractivity contribution in [3.05, 3.63) is 17.8 Å². The number of aromatic nitrogens is 2. The Morgan fingerprint density at radius 3 is 2.67 bits per heavy atom. The van der Waals surface area contributed by atoms with E-state index in [1.807, 2.05) is 0 Å². The molecule has 2 rings (SSSR count). The number of amides is 1. The van der Waals surface area contributed by atoms with Gasteiger partial charge in [-0.25, -0.2) is 8.42 Å². The molecule has 1 fully saturated rings. The fourth-order valence-electron chi connectivity index (χ4n) is 1.78. The Balaban J connectivity index is 2.01. The van der Waals surface area contributed by atoms with E-state index in [-0.39, 0.29) is 29.1 Å². The second kappa shape index (κ2) is 4.89. The molecule has 1 atom stereocenters. The molecule has 18 heavy (non-hydrogen) atoms. The van der Waals surface area contributed by atoms with Gasteiger partial charge < -0.3 is 10.6 Å². The van der Waals surface area contributed by atoms with E-state index in [4.69, 9.17) is 0 Å². The van der Waals surface area contributed by atoms with Crippen LogP contribution in [0.5, 0.6) is 0 Å². The van der Waals surface area contributed by atoms with Gasteiger partial charge in [0.25, 0.3) is 5.91 Å². The Morgan fingerprint density at radius 1 is 1.39 bits per heavy atom. The number of sulfone groups is 1. The van der Waals surface area contributed by atoms with Crippen molar-refractivity contribution < 1.29 is 13.2 Å². The zero-order valence-corrected chi connectivity index (χ0v) is 10.7. The van der Waals surface area contributed by atoms with E-state index in [0.717, 1.165) is 0 Å². The number of anilines is 1. The molecule has 7 nitrogen and oxygen atoms in total. The van der Waals surface area contributed by atoms with Crippen LogP contribution in [-0.4, -0.2) is 49.1 Å². The average molecular weight is 270 g/mol. The van der Waals surface area contributed by atoms with Crippen molar-refractivity contribution in [2.75, 3.05) is 23.9 Å². The summed E-state index contributed by atoms with van der Waals surface area (Å²) in [5, 5.41) is 13.0. The lowest BCUT2D eigenvalue weighted by Gasteiger charge is -2.10. The van der Waals surface area contributed by atoms with Crippen LogP contribution in [0.4, 0.5) is 5.82 Å². The van der Waals surface area contributed by atoms with Gasteiger partial charge in [-0.2, -0.15) is 0 Å². The molecular formula is C10H14N4O3S. The Bertz CT molecular complexity index is 541. The summed E-state index contributed by atoms with van der Waals surface area (Å²) < 4.78 is 22.6. The van der Waals surface area contributed by atoms with Gasteiger partial charge in [0, 0.05) is 13.1 Å². The molecule has 1 amide bonds. The molecule has 1 aliphatic rings. The molecule has 2 heterocycles. The molecular weight excluding hydrogens is 256 g/mol. The Morgan fingerprint density at radius 2 is 2.17 bits per heavy atom. The zero-order valence-electron chi connectivity index (χ0n) is 9.88. The Labute approximate surface area is 105 Å². The normalized spacial score (nSPS) is 21.5. The highest BCUT2D eigenvalue weighted by molar-refractivity contribution is 7.91. The molecule has 2 N–H and O–H groups in total. The molecule has 1 aliphatic heterocycles. The van der Waals surface area contributed by atoms with E-state index >= 15 is 0 Å². The van der Waals surface area contributed by atoms with Gasteiger partial charge >= 0.3 is 0 Å². The first-order chi connectivity index (χ1) is 8.50. The lowest BCUT2D eigenvalue weighted by atomic mass is 10.2. The molecule has 0 bridgehead atoms. The van der Waals surface area contributed by atoms with Crippen molar-refractivity contribution in [2.45, 2.75) is 12.5 Å². The van der Waals surface area contributed by atoms with Crippen LogP contribution in [0.25, 0.3) is 0 Å². The first kappa shape index (κ1) is 12.7. The van der Waals surface area contributed by atoms with Crippen LogP contribution >= 0.6 is 0 Å². The summed E-state index contributed by atoms with van der Waals surface area (Å²) >= 11 is 0. The molecule has 1 aromatic rings. The monoisotopic (exact) mass is 270 g/mol.